The van der Waals surface area contributed by atoms with Crippen LogP contribution in [0.2, 0.25) is 0 Å². The van der Waals surface area contributed by atoms with Gasteiger partial charge in [-0.1, -0.05) is 0 Å². The Morgan fingerprint density at radius 1 is 0.722 bits per heavy atom. The number of aliphatic hydroxyl groups is 2. The summed E-state index contributed by atoms with van der Waals surface area (Å²) in [4.78, 5) is 0. The Morgan fingerprint density at radius 3 is 1.33 bits per heavy atom. The van der Waals surface area contributed by atoms with Gasteiger partial charge in [-0.05, 0) is 27.7 Å². The number of hydrogen-bond acceptors (Lipinski definition) is 6. The molecule has 0 radical (unpaired) electrons. The highest BCUT2D eigenvalue weighted by Crippen LogP contribution is 2.38. The Balaban J connectivity index is 2.24. The van der Waals surface area contributed by atoms with E-state index in [0.717, 1.165) is 0 Å². The molecule has 0 saturated carbocycles. The minimum absolute atomic E-state index is 0.164. The van der Waals surface area contributed by atoms with Gasteiger partial charge in [-0.15, -0.1) is 0 Å². The molecule has 0 aromatic carbocycles. The molecule has 0 spiro atoms. The highest BCUT2D eigenvalue weighted by atomic mass is 16.8. The van der Waals surface area contributed by atoms with E-state index in [9.17, 15) is 10.2 Å². The Labute approximate surface area is 107 Å². The van der Waals surface area contributed by atoms with E-state index >= 15 is 0 Å². The van der Waals surface area contributed by atoms with Gasteiger partial charge in [0.25, 0.3) is 0 Å². The molecular weight excluding hydrogens is 240 g/mol. The summed E-state index contributed by atoms with van der Waals surface area (Å²) in [5.41, 5.74) is 0. The fourth-order valence-electron chi connectivity index (χ4n) is 2.57. The number of rotatable bonds is 2. The molecule has 2 N–H and O–H groups in total. The van der Waals surface area contributed by atoms with E-state index < -0.39 is 36.0 Å². The lowest BCUT2D eigenvalue weighted by Crippen LogP contribution is -2.66. The molecule has 0 amide bonds. The lowest BCUT2D eigenvalue weighted by Gasteiger charge is -2.53. The molecule has 0 aromatic heterocycles. The van der Waals surface area contributed by atoms with Crippen molar-refractivity contribution in [3.8, 4) is 0 Å². The fraction of sp³-hybridized carbons (Fsp3) is 1.00. The predicted molar refractivity (Wildman–Crippen MR) is 61.8 cm³/mol. The van der Waals surface area contributed by atoms with Gasteiger partial charge in [0.1, 0.15) is 24.4 Å². The summed E-state index contributed by atoms with van der Waals surface area (Å²) in [5.74, 6) is -1.67. The van der Waals surface area contributed by atoms with Gasteiger partial charge in [0.05, 0.1) is 13.2 Å². The van der Waals surface area contributed by atoms with Crippen LogP contribution >= 0.6 is 0 Å². The van der Waals surface area contributed by atoms with Crippen LogP contribution in [0.1, 0.15) is 27.7 Å². The van der Waals surface area contributed by atoms with Crippen molar-refractivity contribution >= 4 is 0 Å². The van der Waals surface area contributed by atoms with E-state index in [1.54, 1.807) is 27.7 Å². The number of fused-ring (bicyclic) bond motifs is 1. The minimum Gasteiger partial charge on any atom is -0.394 e. The van der Waals surface area contributed by atoms with Crippen LogP contribution in [0.25, 0.3) is 0 Å². The van der Waals surface area contributed by atoms with Gasteiger partial charge in [0.2, 0.25) is 0 Å². The molecule has 106 valence electrons. The van der Waals surface area contributed by atoms with E-state index in [4.69, 9.17) is 18.9 Å². The number of aliphatic hydroxyl groups excluding tert-OH is 2. The van der Waals surface area contributed by atoms with Crippen LogP contribution in [0.5, 0.6) is 0 Å². The van der Waals surface area contributed by atoms with Crippen molar-refractivity contribution in [3.63, 3.8) is 0 Å². The van der Waals surface area contributed by atoms with Crippen molar-refractivity contribution in [2.24, 2.45) is 0 Å². The molecule has 0 unspecified atom stereocenters. The molecule has 2 aliphatic heterocycles. The van der Waals surface area contributed by atoms with Crippen LogP contribution in [0.15, 0.2) is 0 Å². The molecule has 6 nitrogen and oxygen atoms in total. The quantitative estimate of drug-likeness (QED) is 0.730. The fourth-order valence-corrected chi connectivity index (χ4v) is 2.57. The molecule has 0 aliphatic carbocycles. The standard InChI is InChI=1S/C12H22O6/c1-11(2)15-7(5-13)10-9(17-11)8(6-14)16-12(3,4)18-10/h7-10,13-14H,5-6H2,1-4H3/t7-,8+,9-,10-/m0/s1. The molecule has 2 aliphatic rings. The molecular formula is C12H22O6. The average molecular weight is 262 g/mol. The zero-order valence-corrected chi connectivity index (χ0v) is 11.3. The average Bonchev–Trinajstić information content (AvgIpc) is 2.26. The maximum Gasteiger partial charge on any atom is 0.164 e. The van der Waals surface area contributed by atoms with Gasteiger partial charge in [-0.3, -0.25) is 0 Å². The molecule has 2 heterocycles. The summed E-state index contributed by atoms with van der Waals surface area (Å²) in [6.07, 6.45) is -1.89. The third-order valence-electron chi connectivity index (χ3n) is 3.13. The second-order valence-electron chi connectivity index (χ2n) is 5.64. The summed E-state index contributed by atoms with van der Waals surface area (Å²) in [5, 5.41) is 18.9. The smallest absolute Gasteiger partial charge is 0.164 e. The third-order valence-corrected chi connectivity index (χ3v) is 3.13. The Kier molecular flexibility index (Phi) is 3.70. The van der Waals surface area contributed by atoms with Crippen LogP contribution < -0.4 is 0 Å². The first-order valence-corrected chi connectivity index (χ1v) is 6.21. The molecule has 4 atom stereocenters. The first kappa shape index (κ1) is 14.2. The molecule has 0 bridgehead atoms. The second-order valence-corrected chi connectivity index (χ2v) is 5.64. The third kappa shape index (κ3) is 2.68. The summed E-state index contributed by atoms with van der Waals surface area (Å²) < 4.78 is 22.8. The van der Waals surface area contributed by atoms with Gasteiger partial charge in [0.15, 0.2) is 11.6 Å². The van der Waals surface area contributed by atoms with Gasteiger partial charge < -0.3 is 29.2 Å². The van der Waals surface area contributed by atoms with Crippen molar-refractivity contribution in [1.82, 2.24) is 0 Å². The normalized spacial score (nSPS) is 42.3. The molecule has 18 heavy (non-hydrogen) atoms. The Hall–Kier alpha value is -0.240. The van der Waals surface area contributed by atoms with E-state index in [1.807, 2.05) is 0 Å². The van der Waals surface area contributed by atoms with Crippen LogP contribution in [0.4, 0.5) is 0 Å². The monoisotopic (exact) mass is 262 g/mol. The first-order chi connectivity index (χ1) is 8.28. The van der Waals surface area contributed by atoms with Crippen molar-refractivity contribution < 1.29 is 29.2 Å². The van der Waals surface area contributed by atoms with E-state index in [2.05, 4.69) is 0 Å². The van der Waals surface area contributed by atoms with Crippen LogP contribution in [-0.4, -0.2) is 59.4 Å². The van der Waals surface area contributed by atoms with Gasteiger partial charge in [-0.25, -0.2) is 0 Å². The maximum absolute atomic E-state index is 9.43. The van der Waals surface area contributed by atoms with Crippen LogP contribution in [-0.2, 0) is 18.9 Å². The highest BCUT2D eigenvalue weighted by molar-refractivity contribution is 4.94. The summed E-state index contributed by atoms with van der Waals surface area (Å²) in [7, 11) is 0. The Bertz CT molecular complexity index is 273. The van der Waals surface area contributed by atoms with Crippen LogP contribution in [0, 0.1) is 0 Å². The summed E-state index contributed by atoms with van der Waals surface area (Å²) in [6.45, 7) is 6.73. The van der Waals surface area contributed by atoms with Gasteiger partial charge >= 0.3 is 0 Å². The number of hydrogen-bond donors (Lipinski definition) is 2. The summed E-state index contributed by atoms with van der Waals surface area (Å²) >= 11 is 0. The molecule has 2 fully saturated rings. The Morgan fingerprint density at radius 2 is 1.06 bits per heavy atom. The zero-order valence-electron chi connectivity index (χ0n) is 11.3. The van der Waals surface area contributed by atoms with Gasteiger partial charge in [0, 0.05) is 0 Å². The summed E-state index contributed by atoms with van der Waals surface area (Å²) in [6, 6.07) is 0. The van der Waals surface area contributed by atoms with E-state index in [-0.39, 0.29) is 13.2 Å². The number of ether oxygens (including phenoxy) is 4. The van der Waals surface area contributed by atoms with Crippen LogP contribution in [0.3, 0.4) is 0 Å². The predicted octanol–water partition coefficient (Wildman–Crippen LogP) is 0.0112. The van der Waals surface area contributed by atoms with Crippen molar-refractivity contribution in [2.45, 2.75) is 63.7 Å². The van der Waals surface area contributed by atoms with E-state index in [0.29, 0.717) is 0 Å². The molecule has 0 aromatic rings. The van der Waals surface area contributed by atoms with Crippen molar-refractivity contribution in [1.29, 1.82) is 0 Å². The lowest BCUT2D eigenvalue weighted by atomic mass is 9.98. The molecule has 2 rings (SSSR count). The second kappa shape index (κ2) is 4.70. The maximum atomic E-state index is 9.43. The molecule has 2 saturated heterocycles. The molecule has 6 heteroatoms. The highest BCUT2D eigenvalue weighted by Gasteiger charge is 2.53. The van der Waals surface area contributed by atoms with Crippen molar-refractivity contribution in [3.05, 3.63) is 0 Å². The van der Waals surface area contributed by atoms with Gasteiger partial charge in [-0.2, -0.15) is 0 Å². The SMILES string of the molecule is CC1(C)O[C@@H]2[C@@H](OC(C)(C)O[C@@H]2CO)[C@H](CO)O1. The topological polar surface area (TPSA) is 77.4 Å². The van der Waals surface area contributed by atoms with E-state index in [1.165, 1.54) is 0 Å². The van der Waals surface area contributed by atoms with Crippen molar-refractivity contribution in [2.75, 3.05) is 13.2 Å². The minimum atomic E-state index is -0.837. The first-order valence-electron chi connectivity index (χ1n) is 6.21. The largest absolute Gasteiger partial charge is 0.394 e. The zero-order chi connectivity index (χ0) is 13.6. The lowest BCUT2D eigenvalue weighted by molar-refractivity contribution is -0.426.